The van der Waals surface area contributed by atoms with Crippen LogP contribution in [0, 0.1) is 11.3 Å². The first-order valence-corrected chi connectivity index (χ1v) is 10.5. The van der Waals surface area contributed by atoms with Crippen LogP contribution in [0.25, 0.3) is 0 Å². The molecule has 1 aliphatic heterocycles. The first-order valence-electron chi connectivity index (χ1n) is 9.68. The summed E-state index contributed by atoms with van der Waals surface area (Å²) in [6, 6.07) is 23.2. The van der Waals surface area contributed by atoms with Gasteiger partial charge < -0.3 is 9.47 Å². The van der Waals surface area contributed by atoms with Crippen LogP contribution in [-0.2, 0) is 11.2 Å². The maximum absolute atomic E-state index is 13.6. The van der Waals surface area contributed by atoms with Gasteiger partial charge in [0.25, 0.3) is 0 Å². The number of para-hydroxylation sites is 1. The molecule has 0 aliphatic carbocycles. The molecule has 154 valence electrons. The van der Waals surface area contributed by atoms with E-state index in [9.17, 15) is 14.9 Å². The Morgan fingerprint density at radius 2 is 1.84 bits per heavy atom. The fraction of sp³-hybridized carbons (Fsp3) is 0.160. The molecule has 0 N–H and O–H groups in total. The Balaban J connectivity index is 1.65. The third-order valence-corrected chi connectivity index (χ3v) is 6.51. The summed E-state index contributed by atoms with van der Waals surface area (Å²) in [4.78, 5) is 26.1. The topological polar surface area (TPSA) is 76.4 Å². The van der Waals surface area contributed by atoms with Crippen molar-refractivity contribution in [2.24, 2.45) is 0 Å². The number of nitriles is 1. The molecule has 0 fully saturated rings. The standard InChI is InChI=1S/C25H19NO4S/c1-29-22-11-4-3-10-20(22)21(27)16-30-25(14-19-8-2-5-12-23(19)31-25)24(28)18-9-6-7-17(13-18)15-26/h2-13H,14,16H2,1H3. The molecule has 31 heavy (non-hydrogen) atoms. The van der Waals surface area contributed by atoms with E-state index in [1.54, 1.807) is 48.5 Å². The number of nitrogens with zero attached hydrogens (tertiary/aromatic N) is 1. The van der Waals surface area contributed by atoms with E-state index in [0.717, 1.165) is 10.5 Å². The predicted molar refractivity (Wildman–Crippen MR) is 117 cm³/mol. The number of Topliss-reactive ketones (excluding diaryl/α,β-unsaturated/α-hetero) is 2. The highest BCUT2D eigenvalue weighted by Gasteiger charge is 2.47. The Hall–Kier alpha value is -3.40. The van der Waals surface area contributed by atoms with Gasteiger partial charge in [-0.3, -0.25) is 9.59 Å². The van der Waals surface area contributed by atoms with E-state index in [0.29, 0.717) is 28.9 Å². The molecule has 3 aromatic carbocycles. The summed E-state index contributed by atoms with van der Waals surface area (Å²) in [7, 11) is 1.50. The highest BCUT2D eigenvalue weighted by Crippen LogP contribution is 2.47. The second-order valence-electron chi connectivity index (χ2n) is 7.07. The molecule has 1 unspecified atom stereocenters. The molecule has 5 nitrogen and oxygen atoms in total. The van der Waals surface area contributed by atoms with Crippen LogP contribution in [0.15, 0.2) is 77.7 Å². The summed E-state index contributed by atoms with van der Waals surface area (Å²) in [5, 5.41) is 9.21. The number of carbonyl (C=O) groups excluding carboxylic acids is 2. The molecule has 0 aromatic heterocycles. The number of fused-ring (bicyclic) bond motifs is 1. The van der Waals surface area contributed by atoms with Crippen molar-refractivity contribution < 1.29 is 19.1 Å². The van der Waals surface area contributed by atoms with Gasteiger partial charge in [0, 0.05) is 16.9 Å². The van der Waals surface area contributed by atoms with Crippen molar-refractivity contribution in [2.75, 3.05) is 13.7 Å². The second kappa shape index (κ2) is 8.76. The zero-order valence-corrected chi connectivity index (χ0v) is 17.6. The number of hydrogen-bond donors (Lipinski definition) is 0. The first kappa shape index (κ1) is 20.9. The normalized spacial score (nSPS) is 16.9. The van der Waals surface area contributed by atoms with E-state index in [2.05, 4.69) is 6.07 Å². The minimum absolute atomic E-state index is 0.265. The van der Waals surface area contributed by atoms with Gasteiger partial charge in [-0.05, 0) is 35.9 Å². The molecule has 6 heteroatoms. The van der Waals surface area contributed by atoms with Gasteiger partial charge in [-0.15, -0.1) is 0 Å². The SMILES string of the molecule is COc1ccccc1C(=O)COC1(C(=O)c2cccc(C#N)c2)Cc2ccccc2S1. The number of ketones is 2. The third-order valence-electron chi connectivity index (χ3n) is 5.11. The van der Waals surface area contributed by atoms with Crippen molar-refractivity contribution in [3.05, 3.63) is 95.1 Å². The highest BCUT2D eigenvalue weighted by molar-refractivity contribution is 8.01. The van der Waals surface area contributed by atoms with Crippen LogP contribution >= 0.6 is 11.8 Å². The van der Waals surface area contributed by atoms with Crippen molar-refractivity contribution in [3.8, 4) is 11.8 Å². The van der Waals surface area contributed by atoms with Gasteiger partial charge in [0.1, 0.15) is 12.4 Å². The number of thioether (sulfide) groups is 1. The number of hydrogen-bond acceptors (Lipinski definition) is 6. The molecule has 3 aromatic rings. The quantitative estimate of drug-likeness (QED) is 0.507. The number of carbonyl (C=O) groups is 2. The molecule has 0 amide bonds. The Kier molecular flexibility index (Phi) is 5.90. The fourth-order valence-corrected chi connectivity index (χ4v) is 4.90. The van der Waals surface area contributed by atoms with Gasteiger partial charge >= 0.3 is 0 Å². The number of benzene rings is 3. The van der Waals surface area contributed by atoms with Crippen molar-refractivity contribution in [1.82, 2.24) is 0 Å². The van der Waals surface area contributed by atoms with Gasteiger partial charge in [-0.1, -0.05) is 54.2 Å². The molecule has 0 radical (unpaired) electrons. The fourth-order valence-electron chi connectivity index (χ4n) is 3.57. The van der Waals surface area contributed by atoms with Crippen LogP contribution in [0.4, 0.5) is 0 Å². The van der Waals surface area contributed by atoms with Crippen LogP contribution in [0.5, 0.6) is 5.75 Å². The lowest BCUT2D eigenvalue weighted by molar-refractivity contribution is 0.0270. The molecule has 4 rings (SSSR count). The molecule has 0 spiro atoms. The van der Waals surface area contributed by atoms with E-state index in [-0.39, 0.29) is 18.2 Å². The van der Waals surface area contributed by atoms with Crippen molar-refractivity contribution in [2.45, 2.75) is 16.2 Å². The van der Waals surface area contributed by atoms with Crippen LogP contribution < -0.4 is 4.74 Å². The maximum atomic E-state index is 13.6. The van der Waals surface area contributed by atoms with Crippen molar-refractivity contribution in [1.29, 1.82) is 5.26 Å². The first-order chi connectivity index (χ1) is 15.1. The van der Waals surface area contributed by atoms with Crippen LogP contribution in [0.1, 0.15) is 31.8 Å². The number of methoxy groups -OCH3 is 1. The molecular formula is C25H19NO4S. The second-order valence-corrected chi connectivity index (χ2v) is 8.38. The Morgan fingerprint density at radius 1 is 1.06 bits per heavy atom. The van der Waals surface area contributed by atoms with Gasteiger partial charge in [0.15, 0.2) is 10.7 Å². The number of rotatable bonds is 7. The monoisotopic (exact) mass is 429 g/mol. The zero-order valence-electron chi connectivity index (χ0n) is 16.8. The summed E-state index contributed by atoms with van der Waals surface area (Å²) in [6.07, 6.45) is 0.336. The highest BCUT2D eigenvalue weighted by atomic mass is 32.2. The molecular weight excluding hydrogens is 410 g/mol. The van der Waals surface area contributed by atoms with Gasteiger partial charge in [-0.2, -0.15) is 5.26 Å². The molecule has 1 atom stereocenters. The predicted octanol–water partition coefficient (Wildman–Crippen LogP) is 4.69. The van der Waals surface area contributed by atoms with Crippen molar-refractivity contribution in [3.63, 3.8) is 0 Å². The average Bonchev–Trinajstić information content (AvgIpc) is 3.22. The molecule has 0 saturated heterocycles. The summed E-state index contributed by atoms with van der Waals surface area (Å²) in [5.41, 5.74) is 2.16. The summed E-state index contributed by atoms with van der Waals surface area (Å²) in [5.74, 6) is -0.0776. The Labute approximate surface area is 184 Å². The van der Waals surface area contributed by atoms with Gasteiger partial charge in [-0.25, -0.2) is 0 Å². The molecule has 1 heterocycles. The smallest absolute Gasteiger partial charge is 0.205 e. The lowest BCUT2D eigenvalue weighted by Gasteiger charge is -2.27. The largest absolute Gasteiger partial charge is 0.496 e. The van der Waals surface area contributed by atoms with Crippen LogP contribution in [-0.4, -0.2) is 30.2 Å². The maximum Gasteiger partial charge on any atom is 0.205 e. The summed E-state index contributed by atoms with van der Waals surface area (Å²) < 4.78 is 11.4. The Morgan fingerprint density at radius 3 is 2.61 bits per heavy atom. The third kappa shape index (κ3) is 4.11. The van der Waals surface area contributed by atoms with E-state index >= 15 is 0 Å². The minimum Gasteiger partial charge on any atom is -0.496 e. The van der Waals surface area contributed by atoms with Gasteiger partial charge in [0.2, 0.25) is 5.78 Å². The zero-order chi connectivity index (χ0) is 21.8. The average molecular weight is 429 g/mol. The molecule has 0 saturated carbocycles. The van der Waals surface area contributed by atoms with Gasteiger partial charge in [0.05, 0.1) is 24.3 Å². The summed E-state index contributed by atoms with van der Waals surface area (Å²) in [6.45, 7) is -0.273. The Bertz CT molecular complexity index is 1170. The molecule has 1 aliphatic rings. The van der Waals surface area contributed by atoms with Crippen LogP contribution in [0.2, 0.25) is 0 Å². The lowest BCUT2D eigenvalue weighted by atomic mass is 9.98. The molecule has 0 bridgehead atoms. The lowest BCUT2D eigenvalue weighted by Crippen LogP contribution is -2.39. The van der Waals surface area contributed by atoms with E-state index in [1.165, 1.54) is 18.9 Å². The van der Waals surface area contributed by atoms with Crippen molar-refractivity contribution >= 4 is 23.3 Å². The van der Waals surface area contributed by atoms with E-state index in [4.69, 9.17) is 9.47 Å². The van der Waals surface area contributed by atoms with E-state index in [1.807, 2.05) is 24.3 Å². The summed E-state index contributed by atoms with van der Waals surface area (Å²) >= 11 is 1.31. The van der Waals surface area contributed by atoms with Crippen LogP contribution in [0.3, 0.4) is 0 Å². The van der Waals surface area contributed by atoms with E-state index < -0.39 is 4.93 Å². The number of ether oxygens (including phenoxy) is 2. The minimum atomic E-state index is -1.28.